The molecule has 0 nitrogen and oxygen atoms in total. The summed E-state index contributed by atoms with van der Waals surface area (Å²) >= 11 is 0. The molecule has 0 fully saturated rings. The van der Waals surface area contributed by atoms with Gasteiger partial charge < -0.3 is 0 Å². The lowest BCUT2D eigenvalue weighted by atomic mass is 9.98. The summed E-state index contributed by atoms with van der Waals surface area (Å²) in [4.78, 5) is 0. The molecule has 28 heavy (non-hydrogen) atoms. The molecule has 0 unspecified atom stereocenters. The molecule has 0 N–H and O–H groups in total. The largest absolute Gasteiger partial charge is 0.271 e. The summed E-state index contributed by atoms with van der Waals surface area (Å²) in [6, 6.07) is 10.9. The van der Waals surface area contributed by atoms with Gasteiger partial charge in [0.2, 0.25) is 0 Å². The number of halogens is 5. The molecule has 0 aromatic heterocycles. The van der Waals surface area contributed by atoms with Crippen LogP contribution in [0.1, 0.15) is 35.6 Å². The summed E-state index contributed by atoms with van der Waals surface area (Å²) in [5.74, 6) is -2.33. The van der Waals surface area contributed by atoms with Gasteiger partial charge in [0.05, 0.1) is 5.56 Å². The maximum absolute atomic E-state index is 14.4. The topological polar surface area (TPSA) is 0 Å². The first-order valence-corrected chi connectivity index (χ1v) is 9.09. The SMILES string of the molecule is CCCc1ccc(CCc2ccc3c(F)c(C=C(F)F)c(F)cc3c2)c(F)c1. The lowest BCUT2D eigenvalue weighted by molar-refractivity contribution is 0.428. The van der Waals surface area contributed by atoms with Crippen molar-refractivity contribution >= 4 is 16.8 Å². The van der Waals surface area contributed by atoms with Crippen LogP contribution < -0.4 is 0 Å². The summed E-state index contributed by atoms with van der Waals surface area (Å²) in [7, 11) is 0. The van der Waals surface area contributed by atoms with Crippen molar-refractivity contribution in [2.24, 2.45) is 0 Å². The van der Waals surface area contributed by atoms with E-state index in [4.69, 9.17) is 0 Å². The average Bonchev–Trinajstić information content (AvgIpc) is 2.64. The third-order valence-electron chi connectivity index (χ3n) is 4.72. The zero-order valence-electron chi connectivity index (χ0n) is 15.3. The number of fused-ring (bicyclic) bond motifs is 1. The number of hydrogen-bond acceptors (Lipinski definition) is 0. The van der Waals surface area contributed by atoms with Crippen LogP contribution in [0.4, 0.5) is 22.0 Å². The van der Waals surface area contributed by atoms with E-state index < -0.39 is 23.3 Å². The number of rotatable bonds is 6. The van der Waals surface area contributed by atoms with Crippen molar-refractivity contribution in [2.75, 3.05) is 0 Å². The fourth-order valence-corrected chi connectivity index (χ4v) is 3.31. The van der Waals surface area contributed by atoms with Crippen molar-refractivity contribution in [2.45, 2.75) is 32.6 Å². The van der Waals surface area contributed by atoms with Crippen LogP contribution in [-0.4, -0.2) is 0 Å². The number of hydrogen-bond donors (Lipinski definition) is 0. The van der Waals surface area contributed by atoms with Gasteiger partial charge in [-0.25, -0.2) is 13.2 Å². The van der Waals surface area contributed by atoms with Crippen molar-refractivity contribution in [3.05, 3.63) is 88.3 Å². The van der Waals surface area contributed by atoms with Gasteiger partial charge in [-0.3, -0.25) is 0 Å². The minimum absolute atomic E-state index is 0.0627. The van der Waals surface area contributed by atoms with Crippen LogP contribution in [0, 0.1) is 17.5 Å². The van der Waals surface area contributed by atoms with Crippen molar-refractivity contribution in [1.29, 1.82) is 0 Å². The maximum Gasteiger partial charge on any atom is 0.271 e. The Labute approximate surface area is 160 Å². The Morgan fingerprint density at radius 3 is 2.21 bits per heavy atom. The molecular weight excluding hydrogens is 371 g/mol. The normalized spacial score (nSPS) is 11.1. The van der Waals surface area contributed by atoms with Gasteiger partial charge >= 0.3 is 0 Å². The van der Waals surface area contributed by atoms with Crippen LogP contribution in [-0.2, 0) is 19.3 Å². The van der Waals surface area contributed by atoms with E-state index in [0.717, 1.165) is 30.0 Å². The molecule has 0 aliphatic heterocycles. The predicted octanol–water partition coefficient (Wildman–Crippen LogP) is 7.23. The van der Waals surface area contributed by atoms with E-state index in [1.807, 2.05) is 13.0 Å². The lowest BCUT2D eigenvalue weighted by Crippen LogP contribution is -1.98. The van der Waals surface area contributed by atoms with Crippen LogP contribution in [0.2, 0.25) is 0 Å². The van der Waals surface area contributed by atoms with Crippen LogP contribution in [0.5, 0.6) is 0 Å². The molecule has 0 saturated heterocycles. The predicted molar refractivity (Wildman–Crippen MR) is 102 cm³/mol. The van der Waals surface area contributed by atoms with Gasteiger partial charge in [0.25, 0.3) is 6.08 Å². The fourth-order valence-electron chi connectivity index (χ4n) is 3.31. The summed E-state index contributed by atoms with van der Waals surface area (Å²) < 4.78 is 67.4. The molecule has 0 aliphatic rings. The van der Waals surface area contributed by atoms with E-state index in [-0.39, 0.29) is 22.7 Å². The summed E-state index contributed by atoms with van der Waals surface area (Å²) in [6.45, 7) is 2.03. The van der Waals surface area contributed by atoms with Crippen molar-refractivity contribution in [3.8, 4) is 0 Å². The van der Waals surface area contributed by atoms with E-state index in [2.05, 4.69) is 0 Å². The molecule has 0 radical (unpaired) electrons. The van der Waals surface area contributed by atoms with Crippen LogP contribution in [0.15, 0.2) is 48.5 Å². The molecule has 3 aromatic carbocycles. The highest BCUT2D eigenvalue weighted by Crippen LogP contribution is 2.27. The summed E-state index contributed by atoms with van der Waals surface area (Å²) in [5, 5.41) is 0.343. The van der Waals surface area contributed by atoms with Crippen LogP contribution >= 0.6 is 0 Å². The van der Waals surface area contributed by atoms with Gasteiger partial charge in [0.15, 0.2) is 0 Å². The van der Waals surface area contributed by atoms with Crippen LogP contribution in [0.3, 0.4) is 0 Å². The quantitative estimate of drug-likeness (QED) is 0.389. The minimum atomic E-state index is -2.17. The van der Waals surface area contributed by atoms with E-state index in [9.17, 15) is 22.0 Å². The second-order valence-corrected chi connectivity index (χ2v) is 6.75. The zero-order chi connectivity index (χ0) is 20.3. The molecule has 0 atom stereocenters. The van der Waals surface area contributed by atoms with Gasteiger partial charge in [0, 0.05) is 11.5 Å². The average molecular weight is 390 g/mol. The Morgan fingerprint density at radius 1 is 0.821 bits per heavy atom. The van der Waals surface area contributed by atoms with Gasteiger partial charge in [-0.1, -0.05) is 43.7 Å². The van der Waals surface area contributed by atoms with Crippen molar-refractivity contribution in [1.82, 2.24) is 0 Å². The number of aryl methyl sites for hydroxylation is 3. The second-order valence-electron chi connectivity index (χ2n) is 6.75. The highest BCUT2D eigenvalue weighted by molar-refractivity contribution is 5.86. The van der Waals surface area contributed by atoms with E-state index in [1.54, 1.807) is 24.3 Å². The van der Waals surface area contributed by atoms with Gasteiger partial charge in [-0.15, -0.1) is 0 Å². The number of benzene rings is 3. The first-order chi connectivity index (χ1) is 13.4. The molecule has 5 heteroatoms. The zero-order valence-corrected chi connectivity index (χ0v) is 15.3. The molecular formula is C23H19F5. The summed E-state index contributed by atoms with van der Waals surface area (Å²) in [6.07, 6.45) is 0.719. The third-order valence-corrected chi connectivity index (χ3v) is 4.72. The van der Waals surface area contributed by atoms with Gasteiger partial charge in [-0.2, -0.15) is 8.78 Å². The highest BCUT2D eigenvalue weighted by Gasteiger charge is 2.14. The van der Waals surface area contributed by atoms with Crippen LogP contribution in [0.25, 0.3) is 16.8 Å². The third kappa shape index (κ3) is 4.41. The second kappa shape index (κ2) is 8.55. The monoisotopic (exact) mass is 390 g/mol. The Morgan fingerprint density at radius 2 is 1.54 bits per heavy atom. The van der Waals surface area contributed by atoms with E-state index in [0.29, 0.717) is 18.4 Å². The smallest absolute Gasteiger partial charge is 0.207 e. The molecule has 0 amide bonds. The molecule has 0 aliphatic carbocycles. The molecule has 3 rings (SSSR count). The van der Waals surface area contributed by atoms with E-state index >= 15 is 0 Å². The Hall–Kier alpha value is -2.69. The lowest BCUT2D eigenvalue weighted by Gasteiger charge is -2.09. The minimum Gasteiger partial charge on any atom is -0.207 e. The standard InChI is InChI=1S/C23H19F5/c1-2-3-14-4-7-16(20(24)11-14)8-5-15-6-9-18-17(10-15)12-21(25)19(23(18)28)13-22(26)27/h4,6-7,9-13H,2-3,5,8H2,1H3. The molecule has 0 spiro atoms. The molecule has 0 saturated carbocycles. The first kappa shape index (κ1) is 20.1. The van der Waals surface area contributed by atoms with Crippen molar-refractivity contribution in [3.63, 3.8) is 0 Å². The maximum atomic E-state index is 14.4. The van der Waals surface area contributed by atoms with E-state index in [1.165, 1.54) is 6.07 Å². The summed E-state index contributed by atoms with van der Waals surface area (Å²) in [5.41, 5.74) is 1.56. The fraction of sp³-hybridized carbons (Fsp3) is 0.217. The Bertz CT molecular complexity index is 1030. The molecule has 0 heterocycles. The Kier molecular flexibility index (Phi) is 6.12. The van der Waals surface area contributed by atoms with Gasteiger partial charge in [-0.05, 0) is 53.5 Å². The Balaban J connectivity index is 1.84. The molecule has 0 bridgehead atoms. The van der Waals surface area contributed by atoms with Gasteiger partial charge in [0.1, 0.15) is 17.5 Å². The molecule has 3 aromatic rings. The first-order valence-electron chi connectivity index (χ1n) is 9.09. The molecule has 146 valence electrons. The van der Waals surface area contributed by atoms with Crippen molar-refractivity contribution < 1.29 is 22.0 Å². The highest BCUT2D eigenvalue weighted by atomic mass is 19.3.